The Morgan fingerprint density at radius 2 is 1.93 bits per heavy atom. The molecular weight excluding hydrogens is 182 g/mol. The van der Waals surface area contributed by atoms with E-state index in [9.17, 15) is 0 Å². The molecule has 1 aliphatic rings. The molecular formula is C14H29N. The molecule has 1 aliphatic carbocycles. The Balaban J connectivity index is 2.37. The fraction of sp³-hybridized carbons (Fsp3) is 1.00. The number of rotatable bonds is 8. The second-order valence-corrected chi connectivity index (χ2v) is 5.49. The molecule has 2 unspecified atom stereocenters. The van der Waals surface area contributed by atoms with E-state index in [0.29, 0.717) is 11.5 Å². The van der Waals surface area contributed by atoms with Gasteiger partial charge >= 0.3 is 0 Å². The van der Waals surface area contributed by atoms with E-state index in [0.717, 1.165) is 5.92 Å². The monoisotopic (exact) mass is 211 g/mol. The highest BCUT2D eigenvalue weighted by atomic mass is 14.9. The summed E-state index contributed by atoms with van der Waals surface area (Å²) in [5.41, 5.74) is 0.670. The maximum atomic E-state index is 3.45. The van der Waals surface area contributed by atoms with Crippen molar-refractivity contribution in [1.29, 1.82) is 0 Å². The molecule has 1 saturated carbocycles. The summed E-state index contributed by atoms with van der Waals surface area (Å²) in [7, 11) is 2.11. The van der Waals surface area contributed by atoms with Gasteiger partial charge in [-0.05, 0) is 44.6 Å². The van der Waals surface area contributed by atoms with E-state index >= 15 is 0 Å². The fourth-order valence-electron chi connectivity index (χ4n) is 2.80. The molecule has 0 amide bonds. The Bertz CT molecular complexity index is 172. The van der Waals surface area contributed by atoms with Crippen molar-refractivity contribution in [3.8, 4) is 0 Å². The van der Waals surface area contributed by atoms with Crippen LogP contribution in [0.4, 0.5) is 0 Å². The van der Waals surface area contributed by atoms with Gasteiger partial charge in [-0.2, -0.15) is 0 Å². The quantitative estimate of drug-likeness (QED) is 0.640. The molecule has 0 aliphatic heterocycles. The molecule has 2 atom stereocenters. The summed E-state index contributed by atoms with van der Waals surface area (Å²) in [5, 5.41) is 3.45. The number of nitrogens with one attached hydrogen (secondary N) is 1. The average molecular weight is 211 g/mol. The summed E-state index contributed by atoms with van der Waals surface area (Å²) in [6, 6.07) is 0.716. The second-order valence-electron chi connectivity index (χ2n) is 5.49. The van der Waals surface area contributed by atoms with E-state index in [4.69, 9.17) is 0 Å². The molecule has 0 bridgehead atoms. The third-order valence-corrected chi connectivity index (χ3v) is 4.48. The zero-order valence-corrected chi connectivity index (χ0v) is 11.1. The van der Waals surface area contributed by atoms with Gasteiger partial charge < -0.3 is 5.32 Å². The van der Waals surface area contributed by atoms with Gasteiger partial charge in [0.2, 0.25) is 0 Å². The van der Waals surface area contributed by atoms with Crippen molar-refractivity contribution in [2.75, 3.05) is 7.05 Å². The molecule has 1 nitrogen and oxygen atoms in total. The second kappa shape index (κ2) is 5.89. The molecule has 0 saturated heterocycles. The summed E-state index contributed by atoms with van der Waals surface area (Å²) < 4.78 is 0. The van der Waals surface area contributed by atoms with Crippen LogP contribution in [-0.2, 0) is 0 Å². The first kappa shape index (κ1) is 13.0. The smallest absolute Gasteiger partial charge is 0.00922 e. The Morgan fingerprint density at radius 3 is 2.33 bits per heavy atom. The molecule has 0 aromatic carbocycles. The van der Waals surface area contributed by atoms with Crippen LogP contribution in [-0.4, -0.2) is 13.1 Å². The normalized spacial score (nSPS) is 22.4. The minimum Gasteiger partial charge on any atom is -0.317 e. The first-order chi connectivity index (χ1) is 7.18. The average Bonchev–Trinajstić information content (AvgIpc) is 3.04. The van der Waals surface area contributed by atoms with Crippen LogP contribution in [0.15, 0.2) is 0 Å². The molecule has 0 heterocycles. The van der Waals surface area contributed by atoms with Crippen molar-refractivity contribution in [2.45, 2.75) is 71.8 Å². The van der Waals surface area contributed by atoms with E-state index in [1.54, 1.807) is 0 Å². The number of hydrogen-bond acceptors (Lipinski definition) is 1. The molecule has 1 N–H and O–H groups in total. The Morgan fingerprint density at radius 1 is 1.27 bits per heavy atom. The maximum Gasteiger partial charge on any atom is 0.00922 e. The van der Waals surface area contributed by atoms with Gasteiger partial charge in [0.25, 0.3) is 0 Å². The minimum atomic E-state index is 0.670. The molecule has 0 aromatic rings. The lowest BCUT2D eigenvalue weighted by Crippen LogP contribution is -2.33. The van der Waals surface area contributed by atoms with Crippen molar-refractivity contribution in [1.82, 2.24) is 5.32 Å². The fourth-order valence-corrected chi connectivity index (χ4v) is 2.80. The van der Waals surface area contributed by atoms with Gasteiger partial charge in [-0.3, -0.25) is 0 Å². The van der Waals surface area contributed by atoms with Gasteiger partial charge in [0.1, 0.15) is 0 Å². The van der Waals surface area contributed by atoms with Crippen molar-refractivity contribution in [3.05, 3.63) is 0 Å². The lowest BCUT2D eigenvalue weighted by Gasteiger charge is -2.27. The first-order valence-corrected chi connectivity index (χ1v) is 6.85. The Hall–Kier alpha value is -0.0400. The lowest BCUT2D eigenvalue weighted by atomic mass is 9.83. The van der Waals surface area contributed by atoms with E-state index < -0.39 is 0 Å². The standard InChI is InChI=1S/C14H29N/c1-5-7-8-13(6-2)11-14(9-10-14)12(3)15-4/h12-13,15H,5-11H2,1-4H3. The van der Waals surface area contributed by atoms with Crippen LogP contribution < -0.4 is 5.32 Å². The predicted octanol–water partition coefficient (Wildman–Crippen LogP) is 3.98. The van der Waals surface area contributed by atoms with Crippen molar-refractivity contribution in [3.63, 3.8) is 0 Å². The van der Waals surface area contributed by atoms with E-state index in [1.807, 2.05) is 0 Å². The first-order valence-electron chi connectivity index (χ1n) is 6.85. The summed E-state index contributed by atoms with van der Waals surface area (Å²) in [6.45, 7) is 7.02. The van der Waals surface area contributed by atoms with Crippen LogP contribution in [0.5, 0.6) is 0 Å². The Labute approximate surface area is 96.0 Å². The van der Waals surface area contributed by atoms with Crippen molar-refractivity contribution in [2.24, 2.45) is 11.3 Å². The number of hydrogen-bond donors (Lipinski definition) is 1. The van der Waals surface area contributed by atoms with Gasteiger partial charge in [-0.25, -0.2) is 0 Å². The van der Waals surface area contributed by atoms with Crippen LogP contribution >= 0.6 is 0 Å². The SMILES string of the molecule is CCCCC(CC)CC1(C(C)NC)CC1. The molecule has 1 rings (SSSR count). The topological polar surface area (TPSA) is 12.0 Å². The molecule has 1 heteroatoms. The zero-order valence-electron chi connectivity index (χ0n) is 11.1. The highest BCUT2D eigenvalue weighted by molar-refractivity contribution is 5.00. The van der Waals surface area contributed by atoms with E-state index in [-0.39, 0.29) is 0 Å². The molecule has 0 radical (unpaired) electrons. The summed E-state index contributed by atoms with van der Waals surface area (Å²) in [6.07, 6.45) is 9.97. The lowest BCUT2D eigenvalue weighted by molar-refractivity contribution is 0.268. The third-order valence-electron chi connectivity index (χ3n) is 4.48. The summed E-state index contributed by atoms with van der Waals surface area (Å²) in [4.78, 5) is 0. The number of unbranched alkanes of at least 4 members (excludes halogenated alkanes) is 1. The van der Waals surface area contributed by atoms with Gasteiger partial charge in [0.05, 0.1) is 0 Å². The summed E-state index contributed by atoms with van der Waals surface area (Å²) >= 11 is 0. The van der Waals surface area contributed by atoms with Crippen LogP contribution in [0.3, 0.4) is 0 Å². The minimum absolute atomic E-state index is 0.670. The maximum absolute atomic E-state index is 3.45. The van der Waals surface area contributed by atoms with Crippen LogP contribution in [0.25, 0.3) is 0 Å². The molecule has 90 valence electrons. The highest BCUT2D eigenvalue weighted by Gasteiger charge is 2.47. The van der Waals surface area contributed by atoms with Gasteiger partial charge in [-0.15, -0.1) is 0 Å². The highest BCUT2D eigenvalue weighted by Crippen LogP contribution is 2.54. The van der Waals surface area contributed by atoms with E-state index in [1.165, 1.54) is 44.9 Å². The van der Waals surface area contributed by atoms with Gasteiger partial charge in [0.15, 0.2) is 0 Å². The molecule has 0 aromatic heterocycles. The van der Waals surface area contributed by atoms with Crippen LogP contribution in [0, 0.1) is 11.3 Å². The third kappa shape index (κ3) is 3.48. The molecule has 15 heavy (non-hydrogen) atoms. The molecule has 1 fully saturated rings. The van der Waals surface area contributed by atoms with Crippen LogP contribution in [0.1, 0.15) is 65.7 Å². The predicted molar refractivity (Wildman–Crippen MR) is 68.1 cm³/mol. The largest absolute Gasteiger partial charge is 0.317 e. The Kier molecular flexibility index (Phi) is 5.11. The van der Waals surface area contributed by atoms with Crippen molar-refractivity contribution < 1.29 is 0 Å². The molecule has 0 spiro atoms. The van der Waals surface area contributed by atoms with Crippen molar-refractivity contribution >= 4 is 0 Å². The summed E-state index contributed by atoms with van der Waals surface area (Å²) in [5.74, 6) is 0.975. The van der Waals surface area contributed by atoms with Crippen LogP contribution in [0.2, 0.25) is 0 Å². The van der Waals surface area contributed by atoms with E-state index in [2.05, 4.69) is 33.1 Å². The van der Waals surface area contributed by atoms with Gasteiger partial charge in [-0.1, -0.05) is 39.5 Å². The zero-order chi connectivity index (χ0) is 11.3. The van der Waals surface area contributed by atoms with Gasteiger partial charge in [0, 0.05) is 6.04 Å².